The van der Waals surface area contributed by atoms with Crippen molar-refractivity contribution in [2.45, 2.75) is 4.90 Å². The number of carbonyl (C=O) groups is 3. The number of nitrogens with one attached hydrogen (secondary N) is 1. The van der Waals surface area contributed by atoms with Gasteiger partial charge in [0, 0.05) is 18.4 Å². The molecular formula is C16H15N3O6S. The second-order valence-corrected chi connectivity index (χ2v) is 6.21. The van der Waals surface area contributed by atoms with Gasteiger partial charge >= 0.3 is 6.03 Å². The molecule has 0 unspecified atom stereocenters. The summed E-state index contributed by atoms with van der Waals surface area (Å²) in [4.78, 5) is 47.8. The summed E-state index contributed by atoms with van der Waals surface area (Å²) in [6, 6.07) is 3.36. The molecule has 0 saturated carbocycles. The maximum Gasteiger partial charge on any atom is 0.331 e. The molecule has 1 fully saturated rings. The fraction of sp³-hybridized carbons (Fsp3) is 0.188. The second kappa shape index (κ2) is 8.41. The molecule has 0 spiro atoms. The Morgan fingerprint density at radius 1 is 1.35 bits per heavy atom. The first-order valence-electron chi connectivity index (χ1n) is 7.41. The number of carbonyl (C=O) groups excluding carboxylic acids is 3. The highest BCUT2D eigenvalue weighted by atomic mass is 32.2. The molecule has 1 aromatic rings. The average Bonchev–Trinajstić information content (AvgIpc) is 2.60. The standard InChI is InChI=1S/C16H15N3O6S/c1-2-5-18-15(22)11(14(21)17-16(18)23)8-10-3-4-13(26-7-6-20)12(9-10)19(24)25/h2-4,8-9,20H,1,5-7H2,(H,17,21,23). The molecule has 2 N–H and O–H groups in total. The van der Waals surface area contributed by atoms with E-state index in [2.05, 4.69) is 6.58 Å². The fourth-order valence-corrected chi connectivity index (χ4v) is 2.96. The maximum absolute atomic E-state index is 12.3. The number of urea groups is 1. The Labute approximate surface area is 152 Å². The molecule has 0 radical (unpaired) electrons. The number of hydrogen-bond acceptors (Lipinski definition) is 7. The summed E-state index contributed by atoms with van der Waals surface area (Å²) in [5, 5.41) is 22.1. The number of barbiturate groups is 1. The minimum absolute atomic E-state index is 0.0772. The zero-order chi connectivity index (χ0) is 19.3. The van der Waals surface area contributed by atoms with Gasteiger partial charge in [0.15, 0.2) is 0 Å². The summed E-state index contributed by atoms with van der Waals surface area (Å²) in [5.41, 5.74) is -0.256. The van der Waals surface area contributed by atoms with Crippen LogP contribution in [0, 0.1) is 10.1 Å². The van der Waals surface area contributed by atoms with Crippen LogP contribution in [-0.4, -0.2) is 51.7 Å². The number of benzene rings is 1. The highest BCUT2D eigenvalue weighted by Crippen LogP contribution is 2.30. The molecule has 1 aliphatic heterocycles. The number of rotatable bonds is 7. The van der Waals surface area contributed by atoms with Crippen LogP contribution in [0.5, 0.6) is 0 Å². The van der Waals surface area contributed by atoms with Gasteiger partial charge in [-0.2, -0.15) is 0 Å². The summed E-state index contributed by atoms with van der Waals surface area (Å²) in [6.45, 7) is 3.24. The molecule has 136 valence electrons. The minimum Gasteiger partial charge on any atom is -0.396 e. The van der Waals surface area contributed by atoms with Crippen LogP contribution in [0.25, 0.3) is 6.08 Å². The Kier molecular flexibility index (Phi) is 6.26. The first-order valence-corrected chi connectivity index (χ1v) is 8.39. The van der Waals surface area contributed by atoms with Crippen LogP contribution in [0.15, 0.2) is 41.3 Å². The van der Waals surface area contributed by atoms with Crippen molar-refractivity contribution in [3.63, 3.8) is 0 Å². The van der Waals surface area contributed by atoms with Crippen LogP contribution in [-0.2, 0) is 9.59 Å². The third-order valence-electron chi connectivity index (χ3n) is 3.34. The van der Waals surface area contributed by atoms with Crippen molar-refractivity contribution in [2.24, 2.45) is 0 Å². The van der Waals surface area contributed by atoms with Crippen molar-refractivity contribution < 1.29 is 24.4 Å². The highest BCUT2D eigenvalue weighted by molar-refractivity contribution is 7.99. The van der Waals surface area contributed by atoms with Crippen molar-refractivity contribution >= 4 is 41.4 Å². The van der Waals surface area contributed by atoms with Gasteiger partial charge in [0.2, 0.25) is 0 Å². The lowest BCUT2D eigenvalue weighted by atomic mass is 10.1. The lowest BCUT2D eigenvalue weighted by Gasteiger charge is -2.25. The predicted molar refractivity (Wildman–Crippen MR) is 94.3 cm³/mol. The number of nitro groups is 1. The summed E-state index contributed by atoms with van der Waals surface area (Å²) < 4.78 is 0. The van der Waals surface area contributed by atoms with Crippen molar-refractivity contribution in [3.8, 4) is 0 Å². The van der Waals surface area contributed by atoms with Crippen molar-refractivity contribution in [3.05, 3.63) is 52.1 Å². The van der Waals surface area contributed by atoms with E-state index in [4.69, 9.17) is 5.11 Å². The van der Waals surface area contributed by atoms with Gasteiger partial charge in [-0.25, -0.2) is 4.79 Å². The van der Waals surface area contributed by atoms with E-state index >= 15 is 0 Å². The zero-order valence-electron chi connectivity index (χ0n) is 13.5. The molecule has 0 aromatic heterocycles. The van der Waals surface area contributed by atoms with Gasteiger partial charge in [0.25, 0.3) is 17.5 Å². The lowest BCUT2D eigenvalue weighted by Crippen LogP contribution is -2.54. The first-order chi connectivity index (χ1) is 12.4. The molecule has 10 heteroatoms. The van der Waals surface area contributed by atoms with Crippen molar-refractivity contribution in [1.82, 2.24) is 10.2 Å². The Hall–Kier alpha value is -2.98. The Balaban J connectivity index is 2.40. The summed E-state index contributed by atoms with van der Waals surface area (Å²) >= 11 is 1.12. The van der Waals surface area contributed by atoms with E-state index in [9.17, 15) is 24.5 Å². The maximum atomic E-state index is 12.3. The monoisotopic (exact) mass is 377 g/mol. The van der Waals surface area contributed by atoms with Gasteiger partial charge in [0.1, 0.15) is 5.57 Å². The van der Waals surface area contributed by atoms with Gasteiger partial charge in [-0.05, 0) is 17.7 Å². The highest BCUT2D eigenvalue weighted by Gasteiger charge is 2.35. The van der Waals surface area contributed by atoms with E-state index < -0.39 is 22.8 Å². The Morgan fingerprint density at radius 3 is 2.69 bits per heavy atom. The van der Waals surface area contributed by atoms with E-state index in [1.807, 2.05) is 5.32 Å². The van der Waals surface area contributed by atoms with Crippen LogP contribution in [0.3, 0.4) is 0 Å². The van der Waals surface area contributed by atoms with Crippen LogP contribution < -0.4 is 5.32 Å². The molecule has 26 heavy (non-hydrogen) atoms. The molecule has 0 aliphatic carbocycles. The van der Waals surface area contributed by atoms with Gasteiger partial charge in [-0.15, -0.1) is 18.3 Å². The molecular weight excluding hydrogens is 362 g/mol. The first kappa shape index (κ1) is 19.3. The molecule has 0 bridgehead atoms. The topological polar surface area (TPSA) is 130 Å². The number of amides is 4. The van der Waals surface area contributed by atoms with E-state index in [0.29, 0.717) is 10.6 Å². The quantitative estimate of drug-likeness (QED) is 0.183. The van der Waals surface area contributed by atoms with Gasteiger partial charge in [-0.3, -0.25) is 29.9 Å². The second-order valence-electron chi connectivity index (χ2n) is 5.08. The van der Waals surface area contributed by atoms with Crippen LogP contribution in [0.4, 0.5) is 10.5 Å². The number of hydrogen-bond donors (Lipinski definition) is 2. The third kappa shape index (κ3) is 4.16. The smallest absolute Gasteiger partial charge is 0.331 e. The number of nitrogens with zero attached hydrogens (tertiary/aromatic N) is 2. The number of imide groups is 2. The van der Waals surface area contributed by atoms with E-state index in [0.717, 1.165) is 16.7 Å². The average molecular weight is 377 g/mol. The fourth-order valence-electron chi connectivity index (χ4n) is 2.20. The normalized spacial score (nSPS) is 16.0. The molecule has 9 nitrogen and oxygen atoms in total. The lowest BCUT2D eigenvalue weighted by molar-refractivity contribution is -0.387. The molecule has 1 aromatic carbocycles. The van der Waals surface area contributed by atoms with E-state index in [1.54, 1.807) is 0 Å². The Morgan fingerprint density at radius 2 is 2.08 bits per heavy atom. The summed E-state index contributed by atoms with van der Waals surface area (Å²) in [7, 11) is 0. The summed E-state index contributed by atoms with van der Waals surface area (Å²) in [5.74, 6) is -1.39. The number of thioether (sulfide) groups is 1. The number of aliphatic hydroxyl groups excluding tert-OH is 1. The predicted octanol–water partition coefficient (Wildman–Crippen LogP) is 1.33. The van der Waals surface area contributed by atoms with Gasteiger partial charge < -0.3 is 5.11 Å². The molecule has 1 aliphatic rings. The van der Waals surface area contributed by atoms with Crippen LogP contribution in [0.2, 0.25) is 0 Å². The van der Waals surface area contributed by atoms with E-state index in [1.165, 1.54) is 30.4 Å². The SMILES string of the molecule is C=CCN1C(=O)NC(=O)C(=Cc2ccc(SCCO)c([N+](=O)[O-])c2)C1=O. The molecule has 2 rings (SSSR count). The Bertz CT molecular complexity index is 820. The molecule has 4 amide bonds. The minimum atomic E-state index is -0.873. The van der Waals surface area contributed by atoms with Crippen molar-refractivity contribution in [2.75, 3.05) is 18.9 Å². The third-order valence-corrected chi connectivity index (χ3v) is 4.38. The zero-order valence-corrected chi connectivity index (χ0v) is 14.3. The van der Waals surface area contributed by atoms with Crippen LogP contribution in [0.1, 0.15) is 5.56 Å². The van der Waals surface area contributed by atoms with Gasteiger partial charge in [-0.1, -0.05) is 12.1 Å². The summed E-state index contributed by atoms with van der Waals surface area (Å²) in [6.07, 6.45) is 2.52. The number of nitro benzene ring substituents is 1. The molecule has 1 saturated heterocycles. The van der Waals surface area contributed by atoms with Gasteiger partial charge in [0.05, 0.1) is 16.4 Å². The largest absolute Gasteiger partial charge is 0.396 e. The van der Waals surface area contributed by atoms with Crippen LogP contribution >= 0.6 is 11.8 Å². The van der Waals surface area contributed by atoms with E-state index in [-0.39, 0.29) is 30.0 Å². The van der Waals surface area contributed by atoms with Crippen molar-refractivity contribution in [1.29, 1.82) is 0 Å². The molecule has 1 heterocycles. The number of aliphatic hydroxyl groups is 1. The molecule has 0 atom stereocenters.